The lowest BCUT2D eigenvalue weighted by molar-refractivity contribution is -0.0755. The number of ketones is 1. The topological polar surface area (TPSA) is 88.9 Å². The third kappa shape index (κ3) is 4.39. The van der Waals surface area contributed by atoms with E-state index in [2.05, 4.69) is 6.07 Å². The van der Waals surface area contributed by atoms with Crippen LogP contribution in [0.2, 0.25) is 0 Å². The largest absolute Gasteiger partial charge is 0.495 e. The number of methoxy groups -OCH3 is 1. The van der Waals surface area contributed by atoms with Crippen LogP contribution in [0.15, 0.2) is 48.5 Å². The molecule has 2 bridgehead atoms. The predicted octanol–water partition coefficient (Wildman–Crippen LogP) is 3.57. The molecular formula is C24H24N2O5. The maximum Gasteiger partial charge on any atom is 0.410 e. The van der Waals surface area contributed by atoms with Gasteiger partial charge in [0.1, 0.15) is 18.4 Å². The Hall–Kier alpha value is -3.37. The Balaban J connectivity index is 1.45. The molecule has 2 heterocycles. The van der Waals surface area contributed by atoms with Crippen LogP contribution in [0.4, 0.5) is 4.79 Å². The van der Waals surface area contributed by atoms with Crippen molar-refractivity contribution in [1.82, 2.24) is 4.90 Å². The van der Waals surface area contributed by atoms with Crippen molar-refractivity contribution < 1.29 is 23.8 Å². The van der Waals surface area contributed by atoms with Gasteiger partial charge < -0.3 is 14.2 Å². The summed E-state index contributed by atoms with van der Waals surface area (Å²) in [5.41, 5.74) is 1.75. The standard InChI is InChI=1S/C24H24N2O5/c1-29-22-8-7-17(9-19(22)12-25)23(27)18-10-20-14-30-15-21(11-18)26(20)24(28)31-13-16-5-3-2-4-6-16/h2-9,18,20-21H,10-11,13-15H2,1H3. The molecule has 2 aromatic carbocycles. The van der Waals surface area contributed by atoms with Crippen LogP contribution in [-0.4, -0.2) is 49.2 Å². The van der Waals surface area contributed by atoms with Crippen LogP contribution in [0.1, 0.15) is 34.3 Å². The highest BCUT2D eigenvalue weighted by Crippen LogP contribution is 2.34. The lowest BCUT2D eigenvalue weighted by atomic mass is 9.80. The Bertz CT molecular complexity index is 987. The van der Waals surface area contributed by atoms with Gasteiger partial charge in [0.15, 0.2) is 5.78 Å². The monoisotopic (exact) mass is 420 g/mol. The minimum absolute atomic E-state index is 0.0200. The second-order valence-electron chi connectivity index (χ2n) is 7.85. The van der Waals surface area contributed by atoms with Gasteiger partial charge >= 0.3 is 6.09 Å². The number of morpholine rings is 1. The Labute approximate surface area is 181 Å². The number of carbonyl (C=O) groups is 2. The first-order valence-electron chi connectivity index (χ1n) is 10.3. The van der Waals surface area contributed by atoms with E-state index in [1.165, 1.54) is 7.11 Å². The number of rotatable bonds is 5. The van der Waals surface area contributed by atoms with Crippen LogP contribution < -0.4 is 4.74 Å². The van der Waals surface area contributed by atoms with Crippen LogP contribution in [-0.2, 0) is 16.1 Å². The van der Waals surface area contributed by atoms with Crippen molar-refractivity contribution in [3.05, 3.63) is 65.2 Å². The zero-order chi connectivity index (χ0) is 21.8. The molecule has 160 valence electrons. The number of piperidine rings is 1. The van der Waals surface area contributed by atoms with E-state index in [1.807, 2.05) is 30.3 Å². The number of ether oxygens (including phenoxy) is 3. The molecule has 2 fully saturated rings. The molecule has 31 heavy (non-hydrogen) atoms. The smallest absolute Gasteiger partial charge is 0.410 e. The van der Waals surface area contributed by atoms with Crippen molar-refractivity contribution in [2.24, 2.45) is 5.92 Å². The highest BCUT2D eigenvalue weighted by Gasteiger charge is 2.44. The van der Waals surface area contributed by atoms with Crippen LogP contribution in [0.5, 0.6) is 5.75 Å². The molecular weight excluding hydrogens is 396 g/mol. The molecule has 0 spiro atoms. The van der Waals surface area contributed by atoms with Crippen molar-refractivity contribution in [1.29, 1.82) is 5.26 Å². The van der Waals surface area contributed by atoms with Gasteiger partial charge in [-0.25, -0.2) is 4.79 Å². The summed E-state index contributed by atoms with van der Waals surface area (Å²) in [5.74, 6) is 0.186. The van der Waals surface area contributed by atoms with Gasteiger partial charge in [0.05, 0.1) is 38.0 Å². The van der Waals surface area contributed by atoms with Crippen LogP contribution in [0, 0.1) is 17.2 Å². The number of amides is 1. The van der Waals surface area contributed by atoms with E-state index in [1.54, 1.807) is 23.1 Å². The summed E-state index contributed by atoms with van der Waals surface area (Å²) in [7, 11) is 1.49. The first kappa shape index (κ1) is 20.9. The molecule has 2 aliphatic heterocycles. The van der Waals surface area contributed by atoms with Gasteiger partial charge in [-0.3, -0.25) is 9.69 Å². The third-order valence-electron chi connectivity index (χ3n) is 5.91. The number of nitrogens with zero attached hydrogens (tertiary/aromatic N) is 2. The van der Waals surface area contributed by atoms with Crippen molar-refractivity contribution in [3.8, 4) is 11.8 Å². The average Bonchev–Trinajstić information content (AvgIpc) is 2.81. The van der Waals surface area contributed by atoms with E-state index in [0.29, 0.717) is 42.9 Å². The number of fused-ring (bicyclic) bond motifs is 2. The molecule has 0 aliphatic carbocycles. The van der Waals surface area contributed by atoms with Gasteiger partial charge in [0, 0.05) is 11.5 Å². The number of hydrogen-bond acceptors (Lipinski definition) is 6. The molecule has 0 radical (unpaired) electrons. The maximum absolute atomic E-state index is 13.2. The quantitative estimate of drug-likeness (QED) is 0.687. The molecule has 0 saturated carbocycles. The summed E-state index contributed by atoms with van der Waals surface area (Å²) >= 11 is 0. The summed E-state index contributed by atoms with van der Waals surface area (Å²) in [6, 6.07) is 16.1. The zero-order valence-corrected chi connectivity index (χ0v) is 17.3. The number of carbonyl (C=O) groups excluding carboxylic acids is 2. The van der Waals surface area contributed by atoms with E-state index in [0.717, 1.165) is 5.56 Å². The second kappa shape index (κ2) is 9.19. The fourth-order valence-electron chi connectivity index (χ4n) is 4.41. The Kier molecular flexibility index (Phi) is 6.19. The molecule has 0 N–H and O–H groups in total. The lowest BCUT2D eigenvalue weighted by Crippen LogP contribution is -2.59. The maximum atomic E-state index is 13.2. The third-order valence-corrected chi connectivity index (χ3v) is 5.91. The highest BCUT2D eigenvalue weighted by molar-refractivity contribution is 5.98. The molecule has 7 nitrogen and oxygen atoms in total. The first-order valence-corrected chi connectivity index (χ1v) is 10.3. The van der Waals surface area contributed by atoms with Crippen LogP contribution in [0.25, 0.3) is 0 Å². The molecule has 2 saturated heterocycles. The molecule has 7 heteroatoms. The van der Waals surface area contributed by atoms with Gasteiger partial charge in [-0.05, 0) is 36.6 Å². The second-order valence-corrected chi connectivity index (χ2v) is 7.85. The Morgan fingerprint density at radius 1 is 1.13 bits per heavy atom. The first-order chi connectivity index (χ1) is 15.1. The molecule has 2 aromatic rings. The molecule has 2 aliphatic rings. The molecule has 2 unspecified atom stereocenters. The number of nitriles is 1. The SMILES string of the molecule is COc1ccc(C(=O)C2CC3COCC(C2)N3C(=O)OCc2ccccc2)cc1C#N. The van der Waals surface area contributed by atoms with Gasteiger partial charge in [-0.2, -0.15) is 5.26 Å². The molecule has 0 aromatic heterocycles. The summed E-state index contributed by atoms with van der Waals surface area (Å²) < 4.78 is 16.4. The van der Waals surface area contributed by atoms with E-state index in [4.69, 9.17) is 14.2 Å². The van der Waals surface area contributed by atoms with Crippen molar-refractivity contribution >= 4 is 11.9 Å². The molecule has 2 atom stereocenters. The average molecular weight is 420 g/mol. The van der Waals surface area contributed by atoms with E-state index in [9.17, 15) is 14.9 Å². The van der Waals surface area contributed by atoms with Gasteiger partial charge in [-0.1, -0.05) is 30.3 Å². The van der Waals surface area contributed by atoms with E-state index in [-0.39, 0.29) is 36.5 Å². The van der Waals surface area contributed by atoms with Gasteiger partial charge in [0.25, 0.3) is 0 Å². The van der Waals surface area contributed by atoms with Crippen molar-refractivity contribution in [2.45, 2.75) is 31.5 Å². The zero-order valence-electron chi connectivity index (χ0n) is 17.3. The van der Waals surface area contributed by atoms with Gasteiger partial charge in [-0.15, -0.1) is 0 Å². The summed E-state index contributed by atoms with van der Waals surface area (Å²) in [6.45, 7) is 0.973. The number of benzene rings is 2. The fraction of sp³-hybridized carbons (Fsp3) is 0.375. The van der Waals surface area contributed by atoms with Crippen LogP contribution in [0.3, 0.4) is 0 Å². The minimum Gasteiger partial charge on any atom is -0.495 e. The van der Waals surface area contributed by atoms with Gasteiger partial charge in [0.2, 0.25) is 0 Å². The van der Waals surface area contributed by atoms with E-state index >= 15 is 0 Å². The Morgan fingerprint density at radius 2 is 1.84 bits per heavy atom. The van der Waals surface area contributed by atoms with Crippen molar-refractivity contribution in [2.75, 3.05) is 20.3 Å². The summed E-state index contributed by atoms with van der Waals surface area (Å²) in [5, 5.41) is 9.31. The minimum atomic E-state index is -0.371. The van der Waals surface area contributed by atoms with E-state index < -0.39 is 0 Å². The normalized spacial score (nSPS) is 22.3. The highest BCUT2D eigenvalue weighted by atomic mass is 16.6. The molecule has 1 amide bonds. The summed E-state index contributed by atoms with van der Waals surface area (Å²) in [4.78, 5) is 27.7. The number of hydrogen-bond donors (Lipinski definition) is 0. The predicted molar refractivity (Wildman–Crippen MR) is 112 cm³/mol. The molecule has 4 rings (SSSR count). The van der Waals surface area contributed by atoms with Crippen LogP contribution >= 0.6 is 0 Å². The summed E-state index contributed by atoms with van der Waals surface area (Å²) in [6.07, 6.45) is 0.636. The lowest BCUT2D eigenvalue weighted by Gasteiger charge is -2.47. The van der Waals surface area contributed by atoms with Crippen molar-refractivity contribution in [3.63, 3.8) is 0 Å². The Morgan fingerprint density at radius 3 is 2.48 bits per heavy atom. The number of Topliss-reactive ketones (excluding diaryl/α,β-unsaturated/α-hetero) is 1. The fourth-order valence-corrected chi connectivity index (χ4v) is 4.41.